The molecule has 1 aromatic carbocycles. The van der Waals surface area contributed by atoms with E-state index in [-0.39, 0.29) is 11.9 Å². The van der Waals surface area contributed by atoms with Gasteiger partial charge in [-0.3, -0.25) is 4.90 Å². The number of halogens is 2. The van der Waals surface area contributed by atoms with Crippen LogP contribution in [0.3, 0.4) is 0 Å². The number of nitrogens with one attached hydrogen (secondary N) is 1. The summed E-state index contributed by atoms with van der Waals surface area (Å²) in [6.07, 6.45) is 2.27. The second kappa shape index (κ2) is 7.53. The monoisotopic (exact) mass is 342 g/mol. The first-order valence-corrected chi connectivity index (χ1v) is 8.32. The highest BCUT2D eigenvalue weighted by Crippen LogP contribution is 2.34. The van der Waals surface area contributed by atoms with Crippen LogP contribution in [0.25, 0.3) is 0 Å². The lowest BCUT2D eigenvalue weighted by Crippen LogP contribution is -2.46. The molecule has 1 heterocycles. The highest BCUT2D eigenvalue weighted by Gasteiger charge is 2.28. The number of rotatable bonds is 5. The van der Waals surface area contributed by atoms with Gasteiger partial charge in [-0.25, -0.2) is 4.39 Å². The molecule has 0 aromatic heterocycles. The van der Waals surface area contributed by atoms with Crippen LogP contribution in [0.4, 0.5) is 4.39 Å². The molecule has 1 aromatic rings. The quantitative estimate of drug-likeness (QED) is 0.870. The molecule has 0 aliphatic carbocycles. The second-order valence-electron chi connectivity index (χ2n) is 5.66. The molecule has 4 heteroatoms. The van der Waals surface area contributed by atoms with Crippen LogP contribution in [0.2, 0.25) is 0 Å². The van der Waals surface area contributed by atoms with E-state index in [1.165, 1.54) is 0 Å². The minimum Gasteiger partial charge on any atom is -0.314 e. The van der Waals surface area contributed by atoms with Crippen molar-refractivity contribution in [2.75, 3.05) is 26.2 Å². The Balaban J connectivity index is 2.28. The number of hydrogen-bond acceptors (Lipinski definition) is 2. The van der Waals surface area contributed by atoms with Crippen LogP contribution < -0.4 is 5.32 Å². The van der Waals surface area contributed by atoms with Crippen LogP contribution in [0.1, 0.15) is 38.3 Å². The molecule has 1 fully saturated rings. The zero-order valence-corrected chi connectivity index (χ0v) is 13.9. The fourth-order valence-corrected chi connectivity index (χ4v) is 3.51. The van der Waals surface area contributed by atoms with Crippen molar-refractivity contribution in [3.05, 3.63) is 34.1 Å². The van der Waals surface area contributed by atoms with E-state index in [9.17, 15) is 4.39 Å². The van der Waals surface area contributed by atoms with Crippen molar-refractivity contribution in [2.24, 2.45) is 5.92 Å². The zero-order valence-electron chi connectivity index (χ0n) is 12.3. The molecule has 2 rings (SSSR count). The van der Waals surface area contributed by atoms with Gasteiger partial charge in [-0.1, -0.05) is 42.3 Å². The van der Waals surface area contributed by atoms with E-state index in [4.69, 9.17) is 0 Å². The van der Waals surface area contributed by atoms with Crippen LogP contribution in [0.5, 0.6) is 0 Å². The molecule has 0 saturated carbocycles. The lowest BCUT2D eigenvalue weighted by Gasteiger charge is -2.38. The Kier molecular flexibility index (Phi) is 6.00. The maximum atomic E-state index is 14.4. The second-order valence-corrected chi connectivity index (χ2v) is 6.58. The third kappa shape index (κ3) is 3.80. The molecule has 2 nitrogen and oxygen atoms in total. The van der Waals surface area contributed by atoms with Gasteiger partial charge >= 0.3 is 0 Å². The summed E-state index contributed by atoms with van der Waals surface area (Å²) < 4.78 is 15.2. The van der Waals surface area contributed by atoms with Crippen molar-refractivity contribution in [2.45, 2.75) is 32.7 Å². The SMILES string of the molecule is CCCC(C)[C@H](c1ccc(Br)cc1F)N1CCNCC1. The summed E-state index contributed by atoms with van der Waals surface area (Å²) in [6.45, 7) is 8.42. The predicted molar refractivity (Wildman–Crippen MR) is 85.4 cm³/mol. The Morgan fingerprint density at radius 3 is 2.65 bits per heavy atom. The summed E-state index contributed by atoms with van der Waals surface area (Å²) in [4.78, 5) is 2.43. The van der Waals surface area contributed by atoms with E-state index in [0.29, 0.717) is 5.92 Å². The molecule has 1 saturated heterocycles. The van der Waals surface area contributed by atoms with E-state index >= 15 is 0 Å². The van der Waals surface area contributed by atoms with Crippen LogP contribution in [0, 0.1) is 11.7 Å². The molecule has 0 spiro atoms. The van der Waals surface area contributed by atoms with Gasteiger partial charge in [0.2, 0.25) is 0 Å². The van der Waals surface area contributed by atoms with E-state index < -0.39 is 0 Å². The van der Waals surface area contributed by atoms with Crippen molar-refractivity contribution in [3.8, 4) is 0 Å². The average Bonchev–Trinajstić information content (AvgIpc) is 2.43. The highest BCUT2D eigenvalue weighted by atomic mass is 79.9. The van der Waals surface area contributed by atoms with Crippen LogP contribution in [-0.4, -0.2) is 31.1 Å². The summed E-state index contributed by atoms with van der Waals surface area (Å²) in [7, 11) is 0. The zero-order chi connectivity index (χ0) is 14.5. The van der Waals surface area contributed by atoms with Gasteiger partial charge in [0.05, 0.1) is 0 Å². The van der Waals surface area contributed by atoms with E-state index in [1.807, 2.05) is 12.1 Å². The normalized spacial score (nSPS) is 19.8. The first-order chi connectivity index (χ1) is 9.63. The van der Waals surface area contributed by atoms with Gasteiger partial charge in [0.1, 0.15) is 5.82 Å². The number of benzene rings is 1. The number of nitrogens with zero attached hydrogens (tertiary/aromatic N) is 1. The third-order valence-corrected chi connectivity index (χ3v) is 4.60. The molecule has 0 radical (unpaired) electrons. The van der Waals surface area contributed by atoms with Gasteiger partial charge in [0, 0.05) is 42.3 Å². The summed E-state index contributed by atoms with van der Waals surface area (Å²) in [6, 6.07) is 5.67. The van der Waals surface area contributed by atoms with Gasteiger partial charge in [0.25, 0.3) is 0 Å². The molecule has 0 bridgehead atoms. The molecule has 112 valence electrons. The van der Waals surface area contributed by atoms with Crippen molar-refractivity contribution in [3.63, 3.8) is 0 Å². The first-order valence-electron chi connectivity index (χ1n) is 7.53. The fraction of sp³-hybridized carbons (Fsp3) is 0.625. The van der Waals surface area contributed by atoms with E-state index in [0.717, 1.165) is 49.1 Å². The minimum atomic E-state index is -0.0918. The van der Waals surface area contributed by atoms with Crippen LogP contribution >= 0.6 is 15.9 Å². The smallest absolute Gasteiger partial charge is 0.129 e. The lowest BCUT2D eigenvalue weighted by atomic mass is 9.89. The van der Waals surface area contributed by atoms with E-state index in [1.54, 1.807) is 6.07 Å². The molecule has 1 aliphatic heterocycles. The maximum Gasteiger partial charge on any atom is 0.129 e. The van der Waals surface area contributed by atoms with Crippen LogP contribution in [-0.2, 0) is 0 Å². The third-order valence-electron chi connectivity index (χ3n) is 4.11. The van der Waals surface area contributed by atoms with Crippen LogP contribution in [0.15, 0.2) is 22.7 Å². The predicted octanol–water partition coefficient (Wildman–Crippen LogP) is 3.97. The maximum absolute atomic E-state index is 14.4. The highest BCUT2D eigenvalue weighted by molar-refractivity contribution is 9.10. The molecule has 1 aliphatic rings. The minimum absolute atomic E-state index is 0.0918. The average molecular weight is 343 g/mol. The summed E-state index contributed by atoms with van der Waals surface area (Å²) in [5.41, 5.74) is 0.844. The Morgan fingerprint density at radius 2 is 2.05 bits per heavy atom. The first kappa shape index (κ1) is 15.9. The van der Waals surface area contributed by atoms with Crippen molar-refractivity contribution >= 4 is 15.9 Å². The molecular formula is C16H24BrFN2. The summed E-state index contributed by atoms with van der Waals surface area (Å²) in [5, 5.41) is 3.37. The van der Waals surface area contributed by atoms with Gasteiger partial charge in [0.15, 0.2) is 0 Å². The summed E-state index contributed by atoms with van der Waals surface area (Å²) in [5.74, 6) is 0.375. The fourth-order valence-electron chi connectivity index (χ4n) is 3.18. The molecular weight excluding hydrogens is 319 g/mol. The largest absolute Gasteiger partial charge is 0.314 e. The topological polar surface area (TPSA) is 15.3 Å². The Labute approximate surface area is 129 Å². The molecule has 2 atom stereocenters. The Morgan fingerprint density at radius 1 is 1.35 bits per heavy atom. The lowest BCUT2D eigenvalue weighted by molar-refractivity contribution is 0.123. The van der Waals surface area contributed by atoms with Gasteiger partial charge in [-0.2, -0.15) is 0 Å². The Hall–Kier alpha value is -0.450. The van der Waals surface area contributed by atoms with E-state index in [2.05, 4.69) is 40.0 Å². The molecule has 1 unspecified atom stereocenters. The van der Waals surface area contributed by atoms with Gasteiger partial charge < -0.3 is 5.32 Å². The molecule has 20 heavy (non-hydrogen) atoms. The molecule has 1 N–H and O–H groups in total. The van der Waals surface area contributed by atoms with Crippen molar-refractivity contribution < 1.29 is 4.39 Å². The molecule has 0 amide bonds. The number of hydrogen-bond donors (Lipinski definition) is 1. The Bertz CT molecular complexity index is 432. The van der Waals surface area contributed by atoms with Gasteiger partial charge in [-0.05, 0) is 24.5 Å². The van der Waals surface area contributed by atoms with Crippen molar-refractivity contribution in [1.82, 2.24) is 10.2 Å². The number of piperazine rings is 1. The van der Waals surface area contributed by atoms with Gasteiger partial charge in [-0.15, -0.1) is 0 Å². The summed E-state index contributed by atoms with van der Waals surface area (Å²) >= 11 is 3.35. The van der Waals surface area contributed by atoms with Crippen molar-refractivity contribution in [1.29, 1.82) is 0 Å². The standard InChI is InChI=1S/C16H24BrFN2/c1-3-4-12(2)16(20-9-7-19-8-10-20)14-6-5-13(17)11-15(14)18/h5-6,11-12,16,19H,3-4,7-10H2,1-2H3/t12?,16-/m1/s1.